The van der Waals surface area contributed by atoms with Gasteiger partial charge in [-0.15, -0.1) is 0 Å². The lowest BCUT2D eigenvalue weighted by Gasteiger charge is -2.07. The van der Waals surface area contributed by atoms with Crippen molar-refractivity contribution in [2.75, 3.05) is 0 Å². The lowest BCUT2D eigenvalue weighted by Crippen LogP contribution is -2.10. The Bertz CT molecular complexity index is 629. The summed E-state index contributed by atoms with van der Waals surface area (Å²) in [4.78, 5) is 23.0. The monoisotopic (exact) mass is 286 g/mol. The van der Waals surface area contributed by atoms with Crippen LogP contribution in [0.3, 0.4) is 0 Å². The van der Waals surface area contributed by atoms with E-state index in [0.717, 1.165) is 5.56 Å². The molecule has 0 radical (unpaired) electrons. The molecule has 2 atom stereocenters. The zero-order valence-corrected chi connectivity index (χ0v) is 11.4. The standard InChI is InChI=1S/C16H14O5/c1-10-7-14(21-15(10)17)19-9-12-8-13(20-16(12)18)11-5-3-2-4-6-11/h2-7,9,13-14H,8H2,1H3/b12-9-. The van der Waals surface area contributed by atoms with E-state index in [2.05, 4.69) is 0 Å². The number of carbonyl (C=O) groups excluding carboxylic acids is 2. The van der Waals surface area contributed by atoms with Gasteiger partial charge in [0.1, 0.15) is 6.10 Å². The fourth-order valence-electron chi connectivity index (χ4n) is 2.20. The molecule has 1 aromatic rings. The number of hydrogen-bond donors (Lipinski definition) is 0. The van der Waals surface area contributed by atoms with Crippen LogP contribution in [0.2, 0.25) is 0 Å². The maximum absolute atomic E-state index is 11.8. The predicted molar refractivity (Wildman–Crippen MR) is 72.7 cm³/mol. The van der Waals surface area contributed by atoms with Crippen molar-refractivity contribution < 1.29 is 23.8 Å². The van der Waals surface area contributed by atoms with Gasteiger partial charge in [0.25, 0.3) is 6.29 Å². The molecule has 3 rings (SSSR count). The average molecular weight is 286 g/mol. The minimum atomic E-state index is -0.770. The first-order valence-corrected chi connectivity index (χ1v) is 6.63. The SMILES string of the molecule is CC1=CC(O/C=C2/CC(c3ccccc3)OC2=O)OC1=O. The fraction of sp³-hybridized carbons (Fsp3) is 0.250. The van der Waals surface area contributed by atoms with Gasteiger partial charge in [-0.1, -0.05) is 30.3 Å². The molecule has 0 spiro atoms. The molecule has 0 aromatic heterocycles. The first-order chi connectivity index (χ1) is 10.1. The number of cyclic esters (lactones) is 2. The number of esters is 2. The molecule has 2 unspecified atom stereocenters. The summed E-state index contributed by atoms with van der Waals surface area (Å²) < 4.78 is 15.5. The normalized spacial score (nSPS) is 26.5. The van der Waals surface area contributed by atoms with Gasteiger partial charge in [0.05, 0.1) is 11.8 Å². The number of benzene rings is 1. The molecule has 2 aliphatic heterocycles. The van der Waals surface area contributed by atoms with Crippen LogP contribution in [0, 0.1) is 0 Å². The second-order valence-electron chi connectivity index (χ2n) is 4.91. The number of carbonyl (C=O) groups is 2. The highest BCUT2D eigenvalue weighted by atomic mass is 16.7. The molecule has 0 N–H and O–H groups in total. The summed E-state index contributed by atoms with van der Waals surface area (Å²) in [5.41, 5.74) is 1.87. The van der Waals surface area contributed by atoms with Gasteiger partial charge in [-0.3, -0.25) is 0 Å². The highest BCUT2D eigenvalue weighted by molar-refractivity contribution is 5.91. The van der Waals surface area contributed by atoms with Gasteiger partial charge in [-0.05, 0) is 12.5 Å². The van der Waals surface area contributed by atoms with E-state index >= 15 is 0 Å². The van der Waals surface area contributed by atoms with Crippen molar-refractivity contribution in [1.29, 1.82) is 0 Å². The zero-order chi connectivity index (χ0) is 14.8. The third kappa shape index (κ3) is 2.81. The van der Waals surface area contributed by atoms with Crippen LogP contribution in [0.5, 0.6) is 0 Å². The van der Waals surface area contributed by atoms with Crippen molar-refractivity contribution in [2.45, 2.75) is 25.7 Å². The molecular weight excluding hydrogens is 272 g/mol. The van der Waals surface area contributed by atoms with Crippen LogP contribution in [-0.2, 0) is 23.8 Å². The maximum atomic E-state index is 11.8. The first-order valence-electron chi connectivity index (χ1n) is 6.63. The summed E-state index contributed by atoms with van der Waals surface area (Å²) in [6.45, 7) is 1.65. The van der Waals surface area contributed by atoms with Gasteiger partial charge in [0, 0.05) is 18.1 Å². The molecule has 108 valence electrons. The van der Waals surface area contributed by atoms with E-state index in [1.807, 2.05) is 30.3 Å². The Kier molecular flexibility index (Phi) is 3.48. The molecule has 0 saturated carbocycles. The van der Waals surface area contributed by atoms with Crippen LogP contribution in [0.15, 0.2) is 53.8 Å². The molecule has 1 fully saturated rings. The van der Waals surface area contributed by atoms with Crippen LogP contribution in [-0.4, -0.2) is 18.2 Å². The fourth-order valence-corrected chi connectivity index (χ4v) is 2.20. The van der Waals surface area contributed by atoms with Crippen LogP contribution in [0.25, 0.3) is 0 Å². The van der Waals surface area contributed by atoms with Crippen molar-refractivity contribution in [3.8, 4) is 0 Å². The Morgan fingerprint density at radius 1 is 1.14 bits per heavy atom. The molecule has 21 heavy (non-hydrogen) atoms. The lowest BCUT2D eigenvalue weighted by atomic mass is 10.1. The summed E-state index contributed by atoms with van der Waals surface area (Å²) in [6.07, 6.45) is 2.25. The summed E-state index contributed by atoms with van der Waals surface area (Å²) in [7, 11) is 0. The average Bonchev–Trinajstić information content (AvgIpc) is 3.01. The second-order valence-corrected chi connectivity index (χ2v) is 4.91. The Labute approximate surface area is 121 Å². The largest absolute Gasteiger partial charge is 0.458 e. The lowest BCUT2D eigenvalue weighted by molar-refractivity contribution is -0.152. The zero-order valence-electron chi connectivity index (χ0n) is 11.4. The van der Waals surface area contributed by atoms with Gasteiger partial charge in [0.15, 0.2) is 0 Å². The molecule has 1 aromatic carbocycles. The minimum absolute atomic E-state index is 0.294. The highest BCUT2D eigenvalue weighted by Crippen LogP contribution is 2.33. The highest BCUT2D eigenvalue weighted by Gasteiger charge is 2.31. The third-order valence-electron chi connectivity index (χ3n) is 3.36. The molecule has 0 bridgehead atoms. The van der Waals surface area contributed by atoms with E-state index in [0.29, 0.717) is 17.6 Å². The third-order valence-corrected chi connectivity index (χ3v) is 3.36. The van der Waals surface area contributed by atoms with Crippen LogP contribution in [0.4, 0.5) is 0 Å². The Hall–Kier alpha value is -2.56. The molecule has 0 aliphatic carbocycles. The minimum Gasteiger partial charge on any atom is -0.458 e. The van der Waals surface area contributed by atoms with Gasteiger partial charge >= 0.3 is 11.9 Å². The maximum Gasteiger partial charge on any atom is 0.337 e. The van der Waals surface area contributed by atoms with Crippen molar-refractivity contribution >= 4 is 11.9 Å². The number of ether oxygens (including phenoxy) is 3. The van der Waals surface area contributed by atoms with Crippen LogP contribution in [0.1, 0.15) is 25.0 Å². The number of hydrogen-bond acceptors (Lipinski definition) is 5. The molecule has 2 aliphatic rings. The summed E-state index contributed by atoms with van der Waals surface area (Å²) in [5.74, 6) is -0.816. The van der Waals surface area contributed by atoms with E-state index in [4.69, 9.17) is 14.2 Å². The Morgan fingerprint density at radius 2 is 1.90 bits per heavy atom. The van der Waals surface area contributed by atoms with Crippen LogP contribution < -0.4 is 0 Å². The van der Waals surface area contributed by atoms with Gasteiger partial charge in [-0.25, -0.2) is 9.59 Å². The van der Waals surface area contributed by atoms with Crippen molar-refractivity contribution in [2.24, 2.45) is 0 Å². The molecule has 5 nitrogen and oxygen atoms in total. The van der Waals surface area contributed by atoms with Gasteiger partial charge in [-0.2, -0.15) is 0 Å². The van der Waals surface area contributed by atoms with E-state index in [1.165, 1.54) is 6.26 Å². The Morgan fingerprint density at radius 3 is 2.57 bits per heavy atom. The van der Waals surface area contributed by atoms with Gasteiger partial charge in [0.2, 0.25) is 0 Å². The van der Waals surface area contributed by atoms with Crippen molar-refractivity contribution in [3.05, 3.63) is 59.4 Å². The predicted octanol–water partition coefficient (Wildman–Crippen LogP) is 2.40. The molecule has 1 saturated heterocycles. The Balaban J connectivity index is 1.66. The van der Waals surface area contributed by atoms with E-state index in [9.17, 15) is 9.59 Å². The van der Waals surface area contributed by atoms with Crippen molar-refractivity contribution in [3.63, 3.8) is 0 Å². The summed E-state index contributed by atoms with van der Waals surface area (Å²) >= 11 is 0. The molecule has 2 heterocycles. The van der Waals surface area contributed by atoms with E-state index in [-0.39, 0.29) is 6.10 Å². The second kappa shape index (κ2) is 5.44. The quantitative estimate of drug-likeness (QED) is 0.485. The first kappa shape index (κ1) is 13.4. The van der Waals surface area contributed by atoms with E-state index < -0.39 is 18.2 Å². The van der Waals surface area contributed by atoms with Gasteiger partial charge < -0.3 is 14.2 Å². The molecular formula is C16H14O5. The smallest absolute Gasteiger partial charge is 0.337 e. The summed E-state index contributed by atoms with van der Waals surface area (Å²) in [5, 5.41) is 0. The number of rotatable bonds is 3. The molecule has 5 heteroatoms. The van der Waals surface area contributed by atoms with Crippen LogP contribution >= 0.6 is 0 Å². The molecule has 0 amide bonds. The van der Waals surface area contributed by atoms with Crippen molar-refractivity contribution in [1.82, 2.24) is 0 Å². The summed E-state index contributed by atoms with van der Waals surface area (Å²) in [6, 6.07) is 9.52. The topological polar surface area (TPSA) is 61.8 Å². The van der Waals surface area contributed by atoms with E-state index in [1.54, 1.807) is 13.0 Å².